The van der Waals surface area contributed by atoms with E-state index in [-0.39, 0.29) is 5.56 Å². The predicted octanol–water partition coefficient (Wildman–Crippen LogP) is 4.06. The summed E-state index contributed by atoms with van der Waals surface area (Å²) in [4.78, 5) is 0. The number of halogens is 5. The van der Waals surface area contributed by atoms with Gasteiger partial charge in [-0.2, -0.15) is 13.2 Å². The quantitative estimate of drug-likeness (QED) is 0.765. The van der Waals surface area contributed by atoms with Crippen molar-refractivity contribution in [3.8, 4) is 0 Å². The molecule has 0 aliphatic heterocycles. The lowest BCUT2D eigenvalue weighted by atomic mass is 10.2. The SMILES string of the molecule is CC(OCc1ccc(Br)cc1F)C(F)(F)F. The van der Waals surface area contributed by atoms with Crippen molar-refractivity contribution < 1.29 is 22.3 Å². The summed E-state index contributed by atoms with van der Waals surface area (Å²) in [6.07, 6.45) is -6.33. The van der Waals surface area contributed by atoms with E-state index < -0.39 is 24.7 Å². The minimum absolute atomic E-state index is 0.0966. The Morgan fingerprint density at radius 2 is 2.00 bits per heavy atom. The summed E-state index contributed by atoms with van der Waals surface area (Å²) in [7, 11) is 0. The molecule has 6 heteroatoms. The largest absolute Gasteiger partial charge is 0.414 e. The minimum Gasteiger partial charge on any atom is -0.364 e. The standard InChI is InChI=1S/C10H9BrF4O/c1-6(10(13,14)15)16-5-7-2-3-8(11)4-9(7)12/h2-4,6H,5H2,1H3. The second-order valence-electron chi connectivity index (χ2n) is 3.23. The van der Waals surface area contributed by atoms with Gasteiger partial charge in [0.05, 0.1) is 6.61 Å². The third-order valence-corrected chi connectivity index (χ3v) is 2.46. The zero-order valence-electron chi connectivity index (χ0n) is 8.31. The molecule has 0 saturated heterocycles. The number of alkyl halides is 3. The van der Waals surface area contributed by atoms with Crippen LogP contribution in [0, 0.1) is 5.82 Å². The predicted molar refractivity (Wildman–Crippen MR) is 54.4 cm³/mol. The summed E-state index contributed by atoms with van der Waals surface area (Å²) < 4.78 is 54.5. The molecule has 0 amide bonds. The van der Waals surface area contributed by atoms with Gasteiger partial charge in [-0.05, 0) is 19.1 Å². The van der Waals surface area contributed by atoms with E-state index in [2.05, 4.69) is 20.7 Å². The van der Waals surface area contributed by atoms with Gasteiger partial charge in [0.1, 0.15) is 5.82 Å². The van der Waals surface area contributed by atoms with Crippen molar-refractivity contribution >= 4 is 15.9 Å². The fourth-order valence-electron chi connectivity index (χ4n) is 0.948. The number of rotatable bonds is 3. The molecule has 0 aromatic heterocycles. The highest BCUT2D eigenvalue weighted by molar-refractivity contribution is 9.10. The maximum absolute atomic E-state index is 13.2. The van der Waals surface area contributed by atoms with Crippen molar-refractivity contribution in [2.45, 2.75) is 25.8 Å². The van der Waals surface area contributed by atoms with Gasteiger partial charge in [-0.15, -0.1) is 0 Å². The van der Waals surface area contributed by atoms with Crippen LogP contribution in [0.2, 0.25) is 0 Å². The molecule has 1 atom stereocenters. The van der Waals surface area contributed by atoms with Crippen LogP contribution in [0.5, 0.6) is 0 Å². The highest BCUT2D eigenvalue weighted by atomic mass is 79.9. The molecule has 0 heterocycles. The normalized spacial score (nSPS) is 13.9. The van der Waals surface area contributed by atoms with E-state index >= 15 is 0 Å². The highest BCUT2D eigenvalue weighted by Gasteiger charge is 2.36. The monoisotopic (exact) mass is 300 g/mol. The Balaban J connectivity index is 2.62. The lowest BCUT2D eigenvalue weighted by Gasteiger charge is -2.16. The summed E-state index contributed by atoms with van der Waals surface area (Å²) in [5, 5.41) is 0. The Hall–Kier alpha value is -0.620. The first kappa shape index (κ1) is 13.4. The van der Waals surface area contributed by atoms with Gasteiger partial charge < -0.3 is 4.74 Å². The van der Waals surface area contributed by atoms with Crippen LogP contribution in [0.4, 0.5) is 17.6 Å². The molecule has 0 saturated carbocycles. The molecule has 1 nitrogen and oxygen atoms in total. The van der Waals surface area contributed by atoms with E-state index in [0.717, 1.165) is 6.92 Å². The first-order valence-corrected chi connectivity index (χ1v) is 5.22. The van der Waals surface area contributed by atoms with Crippen molar-refractivity contribution in [1.82, 2.24) is 0 Å². The summed E-state index contributed by atoms with van der Waals surface area (Å²) in [5.74, 6) is -0.594. The van der Waals surface area contributed by atoms with Gasteiger partial charge in [0, 0.05) is 10.0 Å². The third kappa shape index (κ3) is 3.75. The third-order valence-electron chi connectivity index (χ3n) is 1.96. The lowest BCUT2D eigenvalue weighted by Crippen LogP contribution is -2.28. The Bertz CT molecular complexity index is 364. The molecular formula is C10H9BrF4O. The zero-order chi connectivity index (χ0) is 12.3. The van der Waals surface area contributed by atoms with Crippen LogP contribution in [-0.4, -0.2) is 12.3 Å². The molecule has 0 spiro atoms. The first-order valence-electron chi connectivity index (χ1n) is 4.43. The van der Waals surface area contributed by atoms with E-state index in [0.29, 0.717) is 4.47 Å². The number of ether oxygens (including phenoxy) is 1. The van der Waals surface area contributed by atoms with Gasteiger partial charge >= 0.3 is 6.18 Å². The molecule has 0 aliphatic carbocycles. The number of hydrogen-bond donors (Lipinski definition) is 0. The van der Waals surface area contributed by atoms with Crippen LogP contribution in [-0.2, 0) is 11.3 Å². The van der Waals surface area contributed by atoms with Gasteiger partial charge in [0.2, 0.25) is 0 Å². The fourth-order valence-corrected chi connectivity index (χ4v) is 1.28. The molecule has 0 radical (unpaired) electrons. The van der Waals surface area contributed by atoms with Crippen LogP contribution in [0.25, 0.3) is 0 Å². The van der Waals surface area contributed by atoms with Crippen LogP contribution in [0.1, 0.15) is 12.5 Å². The molecular weight excluding hydrogens is 292 g/mol. The highest BCUT2D eigenvalue weighted by Crippen LogP contribution is 2.24. The summed E-state index contributed by atoms with van der Waals surface area (Å²) in [5.41, 5.74) is 0.0966. The van der Waals surface area contributed by atoms with Crippen LogP contribution in [0.3, 0.4) is 0 Å². The first-order chi connectivity index (χ1) is 7.30. The van der Waals surface area contributed by atoms with E-state index in [9.17, 15) is 17.6 Å². The van der Waals surface area contributed by atoms with Crippen molar-refractivity contribution in [2.24, 2.45) is 0 Å². The van der Waals surface area contributed by atoms with Gasteiger partial charge in [-0.3, -0.25) is 0 Å². The lowest BCUT2D eigenvalue weighted by molar-refractivity contribution is -0.217. The number of benzene rings is 1. The van der Waals surface area contributed by atoms with Crippen molar-refractivity contribution in [2.75, 3.05) is 0 Å². The van der Waals surface area contributed by atoms with E-state index in [1.165, 1.54) is 12.1 Å². The second kappa shape index (κ2) is 5.14. The van der Waals surface area contributed by atoms with Gasteiger partial charge in [-0.25, -0.2) is 4.39 Å². The van der Waals surface area contributed by atoms with Gasteiger partial charge in [-0.1, -0.05) is 22.0 Å². The Kier molecular flexibility index (Phi) is 4.32. The van der Waals surface area contributed by atoms with Crippen molar-refractivity contribution in [3.05, 3.63) is 34.1 Å². The van der Waals surface area contributed by atoms with Crippen LogP contribution < -0.4 is 0 Å². The molecule has 16 heavy (non-hydrogen) atoms. The van der Waals surface area contributed by atoms with Gasteiger partial charge in [0.25, 0.3) is 0 Å². The molecule has 1 aromatic carbocycles. The fraction of sp³-hybridized carbons (Fsp3) is 0.400. The molecule has 90 valence electrons. The maximum atomic E-state index is 13.2. The average molecular weight is 301 g/mol. The van der Waals surface area contributed by atoms with E-state index in [4.69, 9.17) is 0 Å². The summed E-state index contributed by atoms with van der Waals surface area (Å²) in [6, 6.07) is 4.10. The molecule has 0 aliphatic rings. The Morgan fingerprint density at radius 3 is 2.50 bits per heavy atom. The van der Waals surface area contributed by atoms with Crippen LogP contribution >= 0.6 is 15.9 Å². The van der Waals surface area contributed by atoms with Crippen molar-refractivity contribution in [3.63, 3.8) is 0 Å². The number of hydrogen-bond acceptors (Lipinski definition) is 1. The molecule has 0 bridgehead atoms. The minimum atomic E-state index is -4.42. The average Bonchev–Trinajstić information content (AvgIpc) is 2.14. The maximum Gasteiger partial charge on any atom is 0.414 e. The summed E-state index contributed by atoms with van der Waals surface area (Å²) >= 11 is 3.05. The van der Waals surface area contributed by atoms with Gasteiger partial charge in [0.15, 0.2) is 6.10 Å². The Labute approximate surface area is 98.5 Å². The van der Waals surface area contributed by atoms with E-state index in [1.807, 2.05) is 0 Å². The molecule has 0 fully saturated rings. The smallest absolute Gasteiger partial charge is 0.364 e. The molecule has 0 N–H and O–H groups in total. The molecule has 1 unspecified atom stereocenters. The second-order valence-corrected chi connectivity index (χ2v) is 4.15. The van der Waals surface area contributed by atoms with Crippen molar-refractivity contribution in [1.29, 1.82) is 0 Å². The molecule has 1 aromatic rings. The van der Waals surface area contributed by atoms with E-state index in [1.54, 1.807) is 6.07 Å². The van der Waals surface area contributed by atoms with Crippen LogP contribution in [0.15, 0.2) is 22.7 Å². The topological polar surface area (TPSA) is 9.23 Å². The molecule has 1 rings (SSSR count). The Morgan fingerprint density at radius 1 is 1.38 bits per heavy atom. The zero-order valence-corrected chi connectivity index (χ0v) is 9.90. The summed E-state index contributed by atoms with van der Waals surface area (Å²) in [6.45, 7) is 0.483.